The van der Waals surface area contributed by atoms with Crippen molar-refractivity contribution < 1.29 is 16.5 Å². The van der Waals surface area contributed by atoms with E-state index in [1.807, 2.05) is 60.7 Å². The van der Waals surface area contributed by atoms with Crippen molar-refractivity contribution in [2.45, 2.75) is 11.5 Å². The van der Waals surface area contributed by atoms with Gasteiger partial charge in [0.1, 0.15) is 0 Å². The maximum atomic E-state index is 4.82. The van der Waals surface area contributed by atoms with Crippen LogP contribution in [0.5, 0.6) is 0 Å². The monoisotopic (exact) mass is 304 g/mol. The van der Waals surface area contributed by atoms with Crippen molar-refractivity contribution in [3.05, 3.63) is 71.8 Å². The summed E-state index contributed by atoms with van der Waals surface area (Å²) < 4.78 is 0. The van der Waals surface area contributed by atoms with Gasteiger partial charge < -0.3 is 25.3 Å². The van der Waals surface area contributed by atoms with E-state index in [4.69, 9.17) is 25.3 Å². The van der Waals surface area contributed by atoms with Crippen LogP contribution in [0.4, 0.5) is 0 Å². The van der Waals surface area contributed by atoms with E-state index in [9.17, 15) is 0 Å². The normalized spacial score (nSPS) is 8.59. The van der Waals surface area contributed by atoms with Crippen LogP contribution in [-0.4, -0.2) is 0 Å². The molecule has 0 aliphatic heterocycles. The zero-order chi connectivity index (χ0) is 11.6. The topological polar surface area (TPSA) is 0 Å². The van der Waals surface area contributed by atoms with E-state index in [2.05, 4.69) is 0 Å². The van der Waals surface area contributed by atoms with E-state index >= 15 is 0 Å². The minimum absolute atomic E-state index is 0. The number of hydrogen-bond donors (Lipinski definition) is 0. The van der Waals surface area contributed by atoms with Gasteiger partial charge >= 0.3 is 16.5 Å². The molecule has 0 amide bonds. The molecule has 0 saturated heterocycles. The Labute approximate surface area is 125 Å². The van der Waals surface area contributed by atoms with Gasteiger partial charge in [0.25, 0.3) is 0 Å². The molecule has 0 aromatic heterocycles. The quantitative estimate of drug-likeness (QED) is 0.615. The van der Waals surface area contributed by atoms with Crippen LogP contribution in [0, 0.1) is 0 Å². The molecule has 17 heavy (non-hydrogen) atoms. The minimum Gasteiger partial charge on any atom is -0.788 e. The standard InChI is InChI=1S/2C7H8S.Ni/c2*8-6-7-4-2-1-3-5-7;/h2*1-5,8H,6H2;/q;;+2/p-2. The molecule has 0 bridgehead atoms. The second-order valence-electron chi connectivity index (χ2n) is 3.26. The van der Waals surface area contributed by atoms with E-state index in [1.165, 1.54) is 11.1 Å². The second-order valence-corrected chi connectivity index (χ2v) is 3.84. The Balaban J connectivity index is 0.000000284. The van der Waals surface area contributed by atoms with Gasteiger partial charge in [0, 0.05) is 0 Å². The third-order valence-electron chi connectivity index (χ3n) is 2.02. The Kier molecular flexibility index (Phi) is 10.5. The predicted molar refractivity (Wildman–Crippen MR) is 75.0 cm³/mol. The van der Waals surface area contributed by atoms with Gasteiger partial charge in [-0.2, -0.15) is 11.5 Å². The molecular formula is C14H14NiS2. The Hall–Kier alpha value is -0.366. The van der Waals surface area contributed by atoms with Crippen LogP contribution in [0.3, 0.4) is 0 Å². The maximum Gasteiger partial charge on any atom is 2.00 e. The van der Waals surface area contributed by atoms with E-state index in [1.54, 1.807) is 0 Å². The molecule has 0 nitrogen and oxygen atoms in total. The molecule has 0 saturated carbocycles. The van der Waals surface area contributed by atoms with Crippen molar-refractivity contribution in [1.29, 1.82) is 0 Å². The van der Waals surface area contributed by atoms with Gasteiger partial charge in [-0.05, 0) is 0 Å². The first-order valence-electron chi connectivity index (χ1n) is 5.11. The molecule has 0 N–H and O–H groups in total. The number of rotatable bonds is 2. The molecule has 3 heteroatoms. The molecule has 0 aliphatic carbocycles. The Morgan fingerprint density at radius 3 is 1.06 bits per heavy atom. The average Bonchev–Trinajstić information content (AvgIpc) is 2.41. The summed E-state index contributed by atoms with van der Waals surface area (Å²) in [6, 6.07) is 20.1. The molecule has 0 atom stereocenters. The van der Waals surface area contributed by atoms with E-state index < -0.39 is 0 Å². The first kappa shape index (κ1) is 16.6. The van der Waals surface area contributed by atoms with Crippen molar-refractivity contribution >= 4 is 25.3 Å². The fourth-order valence-corrected chi connectivity index (χ4v) is 1.53. The summed E-state index contributed by atoms with van der Waals surface area (Å²) in [4.78, 5) is 0. The summed E-state index contributed by atoms with van der Waals surface area (Å²) >= 11 is 9.64. The zero-order valence-electron chi connectivity index (χ0n) is 9.32. The summed E-state index contributed by atoms with van der Waals surface area (Å²) in [7, 11) is 0. The van der Waals surface area contributed by atoms with Crippen molar-refractivity contribution in [1.82, 2.24) is 0 Å². The van der Waals surface area contributed by atoms with Gasteiger partial charge in [-0.3, -0.25) is 0 Å². The van der Waals surface area contributed by atoms with Crippen LogP contribution in [0.1, 0.15) is 11.1 Å². The SMILES string of the molecule is [Ni+2].[S-]Cc1ccccc1.[S-]Cc1ccccc1. The predicted octanol–water partition coefficient (Wildman–Crippen LogP) is 3.46. The van der Waals surface area contributed by atoms with Crippen molar-refractivity contribution in [3.63, 3.8) is 0 Å². The molecule has 0 spiro atoms. The Bertz CT molecular complexity index is 336. The van der Waals surface area contributed by atoms with Gasteiger partial charge in [0.2, 0.25) is 0 Å². The molecule has 0 heterocycles. The molecule has 0 radical (unpaired) electrons. The fraction of sp³-hybridized carbons (Fsp3) is 0.143. The van der Waals surface area contributed by atoms with Crippen LogP contribution in [0.2, 0.25) is 0 Å². The van der Waals surface area contributed by atoms with Gasteiger partial charge in [0.05, 0.1) is 0 Å². The number of hydrogen-bond acceptors (Lipinski definition) is 2. The molecule has 0 fully saturated rings. The fourth-order valence-electron chi connectivity index (χ4n) is 1.15. The third kappa shape index (κ3) is 7.54. The Morgan fingerprint density at radius 2 is 0.882 bits per heavy atom. The van der Waals surface area contributed by atoms with Crippen LogP contribution in [-0.2, 0) is 53.3 Å². The average molecular weight is 305 g/mol. The summed E-state index contributed by atoms with van der Waals surface area (Å²) in [6.45, 7) is 0. The summed E-state index contributed by atoms with van der Waals surface area (Å²) in [5.74, 6) is 1.45. The third-order valence-corrected chi connectivity index (χ3v) is 2.69. The second kappa shape index (κ2) is 10.8. The molecular weight excluding hydrogens is 291 g/mol. The first-order valence-corrected chi connectivity index (χ1v) is 6.26. The molecule has 2 rings (SSSR count). The summed E-state index contributed by atoms with van der Waals surface area (Å²) in [5, 5.41) is 0. The summed E-state index contributed by atoms with van der Waals surface area (Å²) in [6.07, 6.45) is 0. The molecule has 2 aromatic carbocycles. The van der Waals surface area contributed by atoms with Gasteiger partial charge in [-0.25, -0.2) is 0 Å². The molecule has 0 aliphatic rings. The summed E-state index contributed by atoms with van der Waals surface area (Å²) in [5.41, 5.74) is 2.45. The van der Waals surface area contributed by atoms with Crippen LogP contribution in [0.25, 0.3) is 0 Å². The van der Waals surface area contributed by atoms with Crippen LogP contribution < -0.4 is 0 Å². The van der Waals surface area contributed by atoms with Crippen molar-refractivity contribution in [2.24, 2.45) is 0 Å². The van der Waals surface area contributed by atoms with Crippen LogP contribution in [0.15, 0.2) is 60.7 Å². The number of benzene rings is 2. The van der Waals surface area contributed by atoms with Crippen molar-refractivity contribution in [2.75, 3.05) is 0 Å². The maximum absolute atomic E-state index is 4.82. The van der Waals surface area contributed by atoms with E-state index in [0.717, 1.165) is 11.5 Å². The van der Waals surface area contributed by atoms with E-state index in [0.29, 0.717) is 0 Å². The largest absolute Gasteiger partial charge is 2.00 e. The molecule has 2 aromatic rings. The Morgan fingerprint density at radius 1 is 0.588 bits per heavy atom. The first-order chi connectivity index (χ1) is 7.86. The van der Waals surface area contributed by atoms with Crippen LogP contribution >= 0.6 is 0 Å². The molecule has 0 unspecified atom stereocenters. The van der Waals surface area contributed by atoms with Crippen molar-refractivity contribution in [3.8, 4) is 0 Å². The van der Waals surface area contributed by atoms with E-state index in [-0.39, 0.29) is 16.5 Å². The smallest absolute Gasteiger partial charge is 0.788 e. The minimum atomic E-state index is 0. The zero-order valence-corrected chi connectivity index (χ0v) is 11.9. The molecule has 92 valence electrons. The van der Waals surface area contributed by atoms with Gasteiger partial charge in [-0.15, -0.1) is 0 Å². The van der Waals surface area contributed by atoms with Gasteiger partial charge in [0.15, 0.2) is 0 Å². The van der Waals surface area contributed by atoms with Gasteiger partial charge in [-0.1, -0.05) is 71.8 Å².